The molecule has 2 nitrogen and oxygen atoms in total. The van der Waals surface area contributed by atoms with Gasteiger partial charge in [-0.25, -0.2) is 0 Å². The van der Waals surface area contributed by atoms with Crippen molar-refractivity contribution in [2.24, 2.45) is 0 Å². The van der Waals surface area contributed by atoms with Crippen LogP contribution in [0.25, 0.3) is 0 Å². The Kier molecular flexibility index (Phi) is 32.7. The fourth-order valence-corrected chi connectivity index (χ4v) is 6.62. The molecule has 46 heavy (non-hydrogen) atoms. The molecule has 0 unspecified atom stereocenters. The predicted molar refractivity (Wildman–Crippen MR) is 206 cm³/mol. The van der Waals surface area contributed by atoms with Crippen LogP contribution in [0.5, 0.6) is 11.5 Å². The predicted octanol–water partition coefficient (Wildman–Crippen LogP) is 15.3. The average Bonchev–Trinajstić information content (AvgIpc) is 3.07. The Morgan fingerprint density at radius 2 is 0.587 bits per heavy atom. The Labute approximate surface area is 290 Å². The van der Waals surface area contributed by atoms with E-state index in [-0.39, 0.29) is 0 Å². The summed E-state index contributed by atoms with van der Waals surface area (Å²) in [6.45, 7) is 10.3. The van der Waals surface area contributed by atoms with Gasteiger partial charge >= 0.3 is 0 Å². The zero-order valence-electron chi connectivity index (χ0n) is 31.5. The zero-order valence-corrected chi connectivity index (χ0v) is 31.5. The molecule has 0 bridgehead atoms. The fourth-order valence-electron chi connectivity index (χ4n) is 6.62. The Bertz CT molecular complexity index is 672. The van der Waals surface area contributed by atoms with Crippen LogP contribution < -0.4 is 9.47 Å². The summed E-state index contributed by atoms with van der Waals surface area (Å²) in [6, 6.07) is 6.36. The van der Waals surface area contributed by atoms with Crippen molar-refractivity contribution in [1.82, 2.24) is 0 Å². The fraction of sp³-hybridized carbons (Fsp3) is 0.841. The van der Waals surface area contributed by atoms with Gasteiger partial charge in [0.1, 0.15) is 11.5 Å². The molecule has 0 aromatic heterocycles. The minimum absolute atomic E-state index is 0.769. The van der Waals surface area contributed by atoms with Crippen LogP contribution in [0.4, 0.5) is 0 Å². The minimum atomic E-state index is 0.769. The van der Waals surface area contributed by atoms with Gasteiger partial charge in [0.2, 0.25) is 0 Å². The number of unbranched alkanes of at least 4 members (excludes halogenated alkanes) is 30. The lowest BCUT2D eigenvalue weighted by molar-refractivity contribution is 0.289. The lowest BCUT2D eigenvalue weighted by Gasteiger charge is -2.12. The standard InChI is InChI=1S/C44H81O2/c1-4-7-9-11-13-15-17-19-21-23-25-27-29-31-33-35-37-45-43-39-42(6-3)40-44(41-43)46-38-36-34-32-30-28-26-24-22-20-18-16-14-12-10-8-5-2/h39-41H,3-38H2,1-2H3. The first-order valence-electron chi connectivity index (χ1n) is 21.0. The van der Waals surface area contributed by atoms with Crippen LogP contribution >= 0.6 is 0 Å². The lowest BCUT2D eigenvalue weighted by Crippen LogP contribution is -2.01. The van der Waals surface area contributed by atoms with E-state index in [9.17, 15) is 0 Å². The number of benzene rings is 1. The van der Waals surface area contributed by atoms with Crippen molar-refractivity contribution in [3.8, 4) is 11.5 Å². The van der Waals surface area contributed by atoms with Crippen LogP contribution in [0.15, 0.2) is 18.2 Å². The Morgan fingerprint density at radius 1 is 0.348 bits per heavy atom. The largest absolute Gasteiger partial charge is 0.493 e. The summed E-state index contributed by atoms with van der Waals surface area (Å²) < 4.78 is 12.3. The highest BCUT2D eigenvalue weighted by Crippen LogP contribution is 2.24. The molecular formula is C44H81O2. The van der Waals surface area contributed by atoms with Gasteiger partial charge in [-0.05, 0) is 43.9 Å². The second-order valence-corrected chi connectivity index (χ2v) is 14.4. The molecule has 0 N–H and O–H groups in total. The van der Waals surface area contributed by atoms with Crippen molar-refractivity contribution in [2.45, 2.75) is 226 Å². The van der Waals surface area contributed by atoms with Crippen molar-refractivity contribution in [3.05, 3.63) is 30.7 Å². The van der Waals surface area contributed by atoms with E-state index < -0.39 is 0 Å². The van der Waals surface area contributed by atoms with Crippen molar-refractivity contribution < 1.29 is 9.47 Å². The summed E-state index contributed by atoms with van der Waals surface area (Å²) in [7, 11) is 0. The van der Waals surface area contributed by atoms with Gasteiger partial charge in [-0.2, -0.15) is 0 Å². The number of hydrogen-bond acceptors (Lipinski definition) is 2. The Morgan fingerprint density at radius 3 is 0.826 bits per heavy atom. The van der Waals surface area contributed by atoms with Gasteiger partial charge in [-0.3, -0.25) is 0 Å². The maximum Gasteiger partial charge on any atom is 0.123 e. The topological polar surface area (TPSA) is 18.5 Å². The van der Waals surface area contributed by atoms with Gasteiger partial charge in [0.25, 0.3) is 0 Å². The molecule has 0 saturated carbocycles. The number of hydrogen-bond donors (Lipinski definition) is 0. The summed E-state index contributed by atoms with van der Waals surface area (Å²) in [5, 5.41) is 0. The summed E-state index contributed by atoms with van der Waals surface area (Å²) in [6.07, 6.45) is 45.5. The molecule has 0 fully saturated rings. The van der Waals surface area contributed by atoms with E-state index >= 15 is 0 Å². The molecule has 0 saturated heterocycles. The molecule has 0 atom stereocenters. The van der Waals surface area contributed by atoms with Gasteiger partial charge in [0.05, 0.1) is 13.2 Å². The van der Waals surface area contributed by atoms with E-state index in [1.165, 1.54) is 198 Å². The first-order chi connectivity index (χ1) is 22.8. The summed E-state index contributed by atoms with van der Waals surface area (Å²) >= 11 is 0. The molecule has 0 aliphatic heterocycles. The Balaban J connectivity index is 1.95. The van der Waals surface area contributed by atoms with Gasteiger partial charge in [0.15, 0.2) is 0 Å². The van der Waals surface area contributed by atoms with E-state index in [2.05, 4.69) is 39.0 Å². The summed E-state index contributed by atoms with van der Waals surface area (Å²) in [5.74, 6) is 1.90. The normalized spacial score (nSPS) is 11.4. The van der Waals surface area contributed by atoms with Crippen LogP contribution in [-0.2, 0) is 6.42 Å². The van der Waals surface area contributed by atoms with Gasteiger partial charge in [-0.15, -0.1) is 0 Å². The van der Waals surface area contributed by atoms with Gasteiger partial charge in [0, 0.05) is 6.07 Å². The molecule has 1 aromatic rings. The second kappa shape index (κ2) is 35.1. The van der Waals surface area contributed by atoms with Crippen molar-refractivity contribution in [1.29, 1.82) is 0 Å². The minimum Gasteiger partial charge on any atom is -0.493 e. The van der Waals surface area contributed by atoms with E-state index in [1.54, 1.807) is 0 Å². The average molecular weight is 642 g/mol. The molecular weight excluding hydrogens is 560 g/mol. The maximum atomic E-state index is 6.14. The second-order valence-electron chi connectivity index (χ2n) is 14.4. The highest BCUT2D eigenvalue weighted by Gasteiger charge is 2.04. The third-order valence-corrected chi connectivity index (χ3v) is 9.76. The molecule has 0 aliphatic carbocycles. The molecule has 1 aromatic carbocycles. The number of rotatable bonds is 37. The van der Waals surface area contributed by atoms with Crippen LogP contribution in [0.2, 0.25) is 0 Å². The zero-order chi connectivity index (χ0) is 33.0. The monoisotopic (exact) mass is 642 g/mol. The van der Waals surface area contributed by atoms with Gasteiger partial charge in [-0.1, -0.05) is 206 Å². The van der Waals surface area contributed by atoms with Gasteiger partial charge < -0.3 is 9.47 Å². The van der Waals surface area contributed by atoms with Crippen molar-refractivity contribution in [2.75, 3.05) is 13.2 Å². The van der Waals surface area contributed by atoms with Crippen LogP contribution in [0, 0.1) is 6.92 Å². The van der Waals surface area contributed by atoms with Crippen LogP contribution in [-0.4, -0.2) is 13.2 Å². The maximum absolute atomic E-state index is 6.14. The van der Waals surface area contributed by atoms with Crippen molar-refractivity contribution in [3.63, 3.8) is 0 Å². The highest BCUT2D eigenvalue weighted by atomic mass is 16.5. The molecule has 269 valence electrons. The summed E-state index contributed by atoms with van der Waals surface area (Å²) in [5.41, 5.74) is 1.20. The first kappa shape index (κ1) is 42.8. The molecule has 1 rings (SSSR count). The van der Waals surface area contributed by atoms with E-state index in [0.717, 1.165) is 44.0 Å². The highest BCUT2D eigenvalue weighted by molar-refractivity contribution is 5.38. The van der Waals surface area contributed by atoms with Crippen LogP contribution in [0.1, 0.15) is 225 Å². The van der Waals surface area contributed by atoms with E-state index in [4.69, 9.17) is 9.47 Å². The lowest BCUT2D eigenvalue weighted by atomic mass is 10.0. The summed E-state index contributed by atoms with van der Waals surface area (Å²) in [4.78, 5) is 0. The third-order valence-electron chi connectivity index (χ3n) is 9.76. The van der Waals surface area contributed by atoms with Crippen molar-refractivity contribution >= 4 is 0 Å². The third kappa shape index (κ3) is 29.0. The van der Waals surface area contributed by atoms with E-state index in [1.807, 2.05) is 0 Å². The quantitative estimate of drug-likeness (QED) is 0.0673. The first-order valence-corrected chi connectivity index (χ1v) is 21.0. The molecule has 0 amide bonds. The molecule has 1 radical (unpaired) electrons. The molecule has 0 heterocycles. The molecule has 2 heteroatoms. The Hall–Kier alpha value is -1.18. The van der Waals surface area contributed by atoms with Crippen LogP contribution in [0.3, 0.4) is 0 Å². The SMILES string of the molecule is [CH2]Cc1cc(OCCCCCCCCCCCCCCCCCC)cc(OCCCCCCCCCCCCCCCCCC)c1. The smallest absolute Gasteiger partial charge is 0.123 e. The number of ether oxygens (including phenoxy) is 2. The van der Waals surface area contributed by atoms with E-state index in [0.29, 0.717) is 0 Å². The molecule has 0 spiro atoms. The molecule has 0 aliphatic rings.